The predicted molar refractivity (Wildman–Crippen MR) is 134 cm³/mol. The molecule has 1 fully saturated rings. The van der Waals surface area contributed by atoms with Crippen molar-refractivity contribution in [2.75, 3.05) is 23.7 Å². The number of hydrogen-bond acceptors (Lipinski definition) is 10. The largest absolute Gasteiger partial charge is 0.486 e. The van der Waals surface area contributed by atoms with Gasteiger partial charge in [0.15, 0.2) is 12.0 Å². The Balaban J connectivity index is 1.45. The fraction of sp³-hybridized carbons (Fsp3) is 0.320. The molecule has 1 aromatic carbocycles. The summed E-state index contributed by atoms with van der Waals surface area (Å²) in [6, 6.07) is 10.1. The lowest BCUT2D eigenvalue weighted by Gasteiger charge is -2.35. The van der Waals surface area contributed by atoms with Crippen molar-refractivity contribution in [2.24, 2.45) is 0 Å². The van der Waals surface area contributed by atoms with Gasteiger partial charge in [0.1, 0.15) is 36.2 Å². The van der Waals surface area contributed by atoms with Gasteiger partial charge in [0, 0.05) is 25.5 Å². The van der Waals surface area contributed by atoms with E-state index in [1.54, 1.807) is 24.3 Å². The average Bonchev–Trinajstić information content (AvgIpc) is 2.90. The number of aromatic nitrogens is 4. The summed E-state index contributed by atoms with van der Waals surface area (Å²) in [4.78, 5) is 41.1. The Labute approximate surface area is 217 Å². The predicted octanol–water partition coefficient (Wildman–Crippen LogP) is 2.21. The van der Waals surface area contributed by atoms with Crippen LogP contribution in [0.5, 0.6) is 5.75 Å². The van der Waals surface area contributed by atoms with Crippen molar-refractivity contribution in [3.63, 3.8) is 0 Å². The Kier molecular flexibility index (Phi) is 8.03. The number of aliphatic hydroxyl groups is 1. The average molecular weight is 521 g/mol. The van der Waals surface area contributed by atoms with Crippen LogP contribution in [0.3, 0.4) is 0 Å². The minimum Gasteiger partial charge on any atom is -0.486 e. The van der Waals surface area contributed by atoms with Crippen LogP contribution in [0.1, 0.15) is 25.8 Å². The molecule has 38 heavy (non-hydrogen) atoms. The number of pyridine rings is 1. The van der Waals surface area contributed by atoms with Crippen LogP contribution in [-0.4, -0.2) is 73.2 Å². The summed E-state index contributed by atoms with van der Waals surface area (Å²) in [5.41, 5.74) is 1.28. The molecular formula is C25H25FN8O4. The number of ether oxygens (including phenoxy) is 1. The van der Waals surface area contributed by atoms with E-state index in [2.05, 4.69) is 36.6 Å². The van der Waals surface area contributed by atoms with Crippen molar-refractivity contribution >= 4 is 29.3 Å². The van der Waals surface area contributed by atoms with Crippen LogP contribution in [0.25, 0.3) is 11.4 Å². The molecule has 196 valence electrons. The first-order valence-corrected chi connectivity index (χ1v) is 11.8. The summed E-state index contributed by atoms with van der Waals surface area (Å²) >= 11 is 0. The third kappa shape index (κ3) is 6.34. The molecule has 12 nitrogen and oxygen atoms in total. The second-order valence-electron chi connectivity index (χ2n) is 8.61. The molecule has 3 aromatic rings. The van der Waals surface area contributed by atoms with Gasteiger partial charge in [0.2, 0.25) is 11.9 Å². The van der Waals surface area contributed by atoms with E-state index in [9.17, 15) is 24.3 Å². The van der Waals surface area contributed by atoms with Crippen LogP contribution in [0.2, 0.25) is 0 Å². The van der Waals surface area contributed by atoms with Gasteiger partial charge in [0.05, 0.1) is 24.0 Å². The number of carbonyl (C=O) groups excluding carboxylic acids is 2. The number of nitrogens with one attached hydrogen (secondary N) is 2. The number of nitriles is 1. The molecule has 0 unspecified atom stereocenters. The van der Waals surface area contributed by atoms with Crippen LogP contribution in [-0.2, 0) is 9.59 Å². The number of aliphatic hydroxyl groups excluding tert-OH is 1. The highest BCUT2D eigenvalue weighted by molar-refractivity contribution is 5.87. The maximum atomic E-state index is 14.7. The first kappa shape index (κ1) is 26.4. The lowest BCUT2D eigenvalue weighted by Crippen LogP contribution is -2.51. The Morgan fingerprint density at radius 3 is 2.74 bits per heavy atom. The summed E-state index contributed by atoms with van der Waals surface area (Å²) in [6.45, 7) is 2.77. The lowest BCUT2D eigenvalue weighted by molar-refractivity contribution is -0.143. The van der Waals surface area contributed by atoms with E-state index < -0.39 is 24.3 Å². The van der Waals surface area contributed by atoms with E-state index in [1.807, 2.05) is 0 Å². The van der Waals surface area contributed by atoms with Crippen LogP contribution < -0.4 is 15.4 Å². The SMILES string of the molecule is CC(=O)Nc1ccc(Nc2ncnc(-c3ccc(O[C@H]4CCN(C(=O)[C@H](C)O)C[C@H]4F)c(C#N)c3)n2)cn1. The van der Waals surface area contributed by atoms with E-state index >= 15 is 0 Å². The fourth-order valence-corrected chi connectivity index (χ4v) is 3.85. The molecule has 3 atom stereocenters. The number of nitrogens with zero attached hydrogens (tertiary/aromatic N) is 6. The summed E-state index contributed by atoms with van der Waals surface area (Å²) in [7, 11) is 0. The minimum atomic E-state index is -1.48. The second kappa shape index (κ2) is 11.6. The number of likely N-dealkylation sites (tertiary alicyclic amines) is 1. The number of benzene rings is 1. The second-order valence-corrected chi connectivity index (χ2v) is 8.61. The van der Waals surface area contributed by atoms with Gasteiger partial charge in [-0.05, 0) is 37.3 Å². The lowest BCUT2D eigenvalue weighted by atomic mass is 10.0. The van der Waals surface area contributed by atoms with Crippen LogP contribution >= 0.6 is 0 Å². The molecule has 1 aliphatic heterocycles. The fourth-order valence-electron chi connectivity index (χ4n) is 3.85. The van der Waals surface area contributed by atoms with Crippen LogP contribution in [0.15, 0.2) is 42.9 Å². The van der Waals surface area contributed by atoms with E-state index in [-0.39, 0.29) is 42.7 Å². The van der Waals surface area contributed by atoms with Gasteiger partial charge >= 0.3 is 0 Å². The van der Waals surface area contributed by atoms with Crippen molar-refractivity contribution in [3.8, 4) is 23.2 Å². The number of alkyl halides is 1. The summed E-state index contributed by atoms with van der Waals surface area (Å²) in [5, 5.41) is 24.7. The summed E-state index contributed by atoms with van der Waals surface area (Å²) < 4.78 is 20.6. The van der Waals surface area contributed by atoms with Crippen molar-refractivity contribution in [1.29, 1.82) is 5.26 Å². The number of carbonyl (C=O) groups is 2. The number of anilines is 3. The number of halogens is 1. The van der Waals surface area contributed by atoms with Crippen molar-refractivity contribution in [3.05, 3.63) is 48.4 Å². The van der Waals surface area contributed by atoms with Crippen LogP contribution in [0, 0.1) is 11.3 Å². The number of hydrogen-bond donors (Lipinski definition) is 3. The van der Waals surface area contributed by atoms with Crippen molar-refractivity contribution in [1.82, 2.24) is 24.8 Å². The maximum absolute atomic E-state index is 14.7. The van der Waals surface area contributed by atoms with Gasteiger partial charge in [-0.2, -0.15) is 10.2 Å². The Morgan fingerprint density at radius 2 is 2.08 bits per heavy atom. The quantitative estimate of drug-likeness (QED) is 0.420. The van der Waals surface area contributed by atoms with Gasteiger partial charge in [-0.25, -0.2) is 19.3 Å². The topological polar surface area (TPSA) is 166 Å². The maximum Gasteiger partial charge on any atom is 0.251 e. The minimum absolute atomic E-state index is 0.171. The van der Waals surface area contributed by atoms with E-state index in [0.29, 0.717) is 22.9 Å². The zero-order chi connectivity index (χ0) is 27.2. The molecule has 0 spiro atoms. The zero-order valence-electron chi connectivity index (χ0n) is 20.6. The number of piperidine rings is 1. The van der Waals surface area contributed by atoms with Crippen molar-refractivity contribution < 1.29 is 23.8 Å². The standard InChI is InChI=1S/C25H25FN8O4/c1-14(35)24(37)34-8-7-21(19(26)12-34)38-20-5-3-16(9-17(20)10-27)23-29-13-30-25(33-23)32-18-4-6-22(28-11-18)31-15(2)36/h3-6,9,11,13-14,19,21,35H,7-8,12H2,1-2H3,(H,28,31,36)(H,29,30,32,33)/t14-,19+,21-/m0/s1. The zero-order valence-corrected chi connectivity index (χ0v) is 20.6. The smallest absolute Gasteiger partial charge is 0.251 e. The Bertz CT molecular complexity index is 1360. The molecule has 0 bridgehead atoms. The molecule has 0 radical (unpaired) electrons. The highest BCUT2D eigenvalue weighted by Crippen LogP contribution is 2.28. The highest BCUT2D eigenvalue weighted by atomic mass is 19.1. The molecule has 0 saturated carbocycles. The third-order valence-electron chi connectivity index (χ3n) is 5.68. The van der Waals surface area contributed by atoms with Gasteiger partial charge in [-0.1, -0.05) is 0 Å². The highest BCUT2D eigenvalue weighted by Gasteiger charge is 2.34. The molecule has 3 N–H and O–H groups in total. The van der Waals surface area contributed by atoms with Gasteiger partial charge in [-0.15, -0.1) is 0 Å². The Hall–Kier alpha value is -4.70. The number of amides is 2. The van der Waals surface area contributed by atoms with E-state index in [4.69, 9.17) is 4.74 Å². The van der Waals surface area contributed by atoms with Gasteiger partial charge in [0.25, 0.3) is 5.91 Å². The molecule has 1 aliphatic rings. The summed E-state index contributed by atoms with van der Waals surface area (Å²) in [6.07, 6.45) is -0.472. The molecule has 0 aliphatic carbocycles. The Morgan fingerprint density at radius 1 is 1.26 bits per heavy atom. The summed E-state index contributed by atoms with van der Waals surface area (Å²) in [5.74, 6) is 0.383. The first-order valence-electron chi connectivity index (χ1n) is 11.8. The molecule has 4 rings (SSSR count). The normalized spacial score (nSPS) is 17.7. The van der Waals surface area contributed by atoms with Gasteiger partial charge < -0.3 is 25.4 Å². The molecular weight excluding hydrogens is 495 g/mol. The van der Waals surface area contributed by atoms with Crippen LogP contribution in [0.4, 0.5) is 21.8 Å². The molecule has 1 saturated heterocycles. The molecule has 2 amide bonds. The van der Waals surface area contributed by atoms with Gasteiger partial charge in [-0.3, -0.25) is 9.59 Å². The molecule has 3 heterocycles. The first-order chi connectivity index (χ1) is 18.2. The molecule has 13 heteroatoms. The third-order valence-corrected chi connectivity index (χ3v) is 5.68. The van der Waals surface area contributed by atoms with E-state index in [0.717, 1.165) is 0 Å². The van der Waals surface area contributed by atoms with E-state index in [1.165, 1.54) is 37.3 Å². The molecule has 2 aromatic heterocycles. The van der Waals surface area contributed by atoms with Crippen molar-refractivity contribution in [2.45, 2.75) is 38.6 Å². The monoisotopic (exact) mass is 520 g/mol. The number of rotatable bonds is 7.